The zero-order valence-corrected chi connectivity index (χ0v) is 12.8. The summed E-state index contributed by atoms with van der Waals surface area (Å²) < 4.78 is 15.7. The second-order valence-corrected chi connectivity index (χ2v) is 6.48. The molecule has 2 fully saturated rings. The first-order valence-corrected chi connectivity index (χ1v) is 7.99. The molecular weight excluding hydrogens is 295 g/mol. The predicted molar refractivity (Wildman–Crippen MR) is 84.8 cm³/mol. The lowest BCUT2D eigenvalue weighted by atomic mass is 9.92. The molecule has 2 N–H and O–H groups in total. The molecule has 1 atom stereocenters. The molecule has 1 spiro atoms. The number of carbonyl (C=O) groups is 1. The minimum absolute atomic E-state index is 0.0122. The topological polar surface area (TPSA) is 59.0 Å². The van der Waals surface area contributed by atoms with Crippen LogP contribution in [0.25, 0.3) is 5.69 Å². The molecule has 1 amide bonds. The van der Waals surface area contributed by atoms with E-state index in [9.17, 15) is 9.18 Å². The third kappa shape index (κ3) is 2.63. The molecule has 0 bridgehead atoms. The van der Waals surface area contributed by atoms with Crippen LogP contribution in [0.3, 0.4) is 0 Å². The largest absolute Gasteiger partial charge is 0.326 e. The first-order valence-electron chi connectivity index (χ1n) is 7.99. The van der Waals surface area contributed by atoms with Crippen LogP contribution in [0.5, 0.6) is 0 Å². The van der Waals surface area contributed by atoms with Crippen LogP contribution in [0, 0.1) is 17.2 Å². The van der Waals surface area contributed by atoms with Crippen LogP contribution in [0.1, 0.15) is 19.3 Å². The molecule has 2 heterocycles. The van der Waals surface area contributed by atoms with Crippen LogP contribution in [0.4, 0.5) is 10.1 Å². The van der Waals surface area contributed by atoms with Gasteiger partial charge in [-0.15, -0.1) is 0 Å². The van der Waals surface area contributed by atoms with Crippen molar-refractivity contribution in [2.45, 2.75) is 19.3 Å². The van der Waals surface area contributed by atoms with Gasteiger partial charge in [0.1, 0.15) is 5.69 Å². The van der Waals surface area contributed by atoms with E-state index in [0.717, 1.165) is 32.4 Å². The van der Waals surface area contributed by atoms with Gasteiger partial charge in [-0.2, -0.15) is 5.10 Å². The Kier molecular flexibility index (Phi) is 3.41. The second-order valence-electron chi connectivity index (χ2n) is 6.48. The first kappa shape index (κ1) is 14.4. The fraction of sp³-hybridized carbons (Fsp3) is 0.412. The van der Waals surface area contributed by atoms with Gasteiger partial charge in [-0.1, -0.05) is 0 Å². The van der Waals surface area contributed by atoms with Gasteiger partial charge in [0.15, 0.2) is 5.82 Å². The van der Waals surface area contributed by atoms with Crippen molar-refractivity contribution in [1.82, 2.24) is 15.1 Å². The number of hydrogen-bond acceptors (Lipinski definition) is 3. The van der Waals surface area contributed by atoms with Gasteiger partial charge in [0, 0.05) is 24.0 Å². The number of nitrogens with one attached hydrogen (secondary N) is 2. The summed E-state index contributed by atoms with van der Waals surface area (Å²) >= 11 is 0. The summed E-state index contributed by atoms with van der Waals surface area (Å²) in [5.74, 6) is -0.324. The van der Waals surface area contributed by atoms with Crippen molar-refractivity contribution in [3.8, 4) is 5.69 Å². The number of nitrogens with zero attached hydrogens (tertiary/aromatic N) is 2. The molecule has 1 aliphatic carbocycles. The number of rotatable bonds is 3. The van der Waals surface area contributed by atoms with Crippen molar-refractivity contribution in [1.29, 1.82) is 0 Å². The highest BCUT2D eigenvalue weighted by Gasteiger charge is 2.57. The van der Waals surface area contributed by atoms with E-state index in [2.05, 4.69) is 15.7 Å². The van der Waals surface area contributed by atoms with Gasteiger partial charge >= 0.3 is 0 Å². The van der Waals surface area contributed by atoms with Crippen molar-refractivity contribution in [2.75, 3.05) is 18.4 Å². The zero-order valence-electron chi connectivity index (χ0n) is 12.8. The highest BCUT2D eigenvalue weighted by atomic mass is 19.1. The van der Waals surface area contributed by atoms with Crippen molar-refractivity contribution in [3.05, 3.63) is 42.5 Å². The van der Waals surface area contributed by atoms with Crippen molar-refractivity contribution < 1.29 is 9.18 Å². The standard InChI is InChI=1S/C17H19FN4O/c18-14-10-12(2-3-15(14)22-9-1-6-20-22)21-16(23)13-11-17(13)4-7-19-8-5-17/h1-3,6,9-10,13,19H,4-5,7-8,11H2,(H,21,23). The quantitative estimate of drug-likeness (QED) is 0.914. The Balaban J connectivity index is 1.45. The van der Waals surface area contributed by atoms with Crippen molar-refractivity contribution in [3.63, 3.8) is 0 Å². The molecule has 1 aliphatic heterocycles. The van der Waals surface area contributed by atoms with E-state index in [1.807, 2.05) is 0 Å². The first-order chi connectivity index (χ1) is 11.2. The molecule has 1 aromatic carbocycles. The second kappa shape index (κ2) is 5.45. The number of hydrogen-bond donors (Lipinski definition) is 2. The molecule has 1 saturated carbocycles. The number of anilines is 1. The average Bonchev–Trinajstić information content (AvgIpc) is 2.97. The van der Waals surface area contributed by atoms with E-state index in [4.69, 9.17) is 0 Å². The van der Waals surface area contributed by atoms with E-state index in [-0.39, 0.29) is 17.2 Å². The monoisotopic (exact) mass is 314 g/mol. The number of piperidine rings is 1. The maximum Gasteiger partial charge on any atom is 0.228 e. The molecule has 120 valence electrons. The zero-order chi connectivity index (χ0) is 15.9. The molecule has 23 heavy (non-hydrogen) atoms. The Morgan fingerprint density at radius 3 is 2.91 bits per heavy atom. The Hall–Kier alpha value is -2.21. The maximum absolute atomic E-state index is 14.2. The molecule has 2 aliphatic rings. The van der Waals surface area contributed by atoms with Gasteiger partial charge in [0.2, 0.25) is 5.91 Å². The maximum atomic E-state index is 14.2. The van der Waals surface area contributed by atoms with Crippen LogP contribution < -0.4 is 10.6 Å². The van der Waals surface area contributed by atoms with Gasteiger partial charge in [-0.25, -0.2) is 9.07 Å². The van der Waals surface area contributed by atoms with Gasteiger partial charge in [0.25, 0.3) is 0 Å². The molecule has 1 aromatic heterocycles. The van der Waals surface area contributed by atoms with Crippen LogP contribution in [-0.4, -0.2) is 28.8 Å². The SMILES string of the molecule is O=C(Nc1ccc(-n2cccn2)c(F)c1)C1CC12CCNCC2. The van der Waals surface area contributed by atoms with Gasteiger partial charge in [0.05, 0.1) is 0 Å². The Morgan fingerprint density at radius 2 is 2.22 bits per heavy atom. The normalized spacial score (nSPS) is 22.0. The summed E-state index contributed by atoms with van der Waals surface area (Å²) in [6.45, 7) is 1.97. The molecule has 0 radical (unpaired) electrons. The summed E-state index contributed by atoms with van der Waals surface area (Å²) in [6, 6.07) is 6.44. The smallest absolute Gasteiger partial charge is 0.228 e. The molecule has 4 rings (SSSR count). The Bertz CT molecular complexity index is 722. The number of aromatic nitrogens is 2. The van der Waals surface area contributed by atoms with Crippen LogP contribution in [0.15, 0.2) is 36.7 Å². The molecule has 1 unspecified atom stereocenters. The van der Waals surface area contributed by atoms with E-state index in [0.29, 0.717) is 11.4 Å². The average molecular weight is 314 g/mol. The summed E-state index contributed by atoms with van der Waals surface area (Å²) in [4.78, 5) is 12.4. The minimum atomic E-state index is -0.404. The van der Waals surface area contributed by atoms with Crippen LogP contribution in [-0.2, 0) is 4.79 Å². The summed E-state index contributed by atoms with van der Waals surface area (Å²) in [6.07, 6.45) is 6.34. The highest BCUT2D eigenvalue weighted by molar-refractivity contribution is 5.95. The van der Waals surface area contributed by atoms with Gasteiger partial charge < -0.3 is 10.6 Å². The van der Waals surface area contributed by atoms with Gasteiger partial charge in [-0.3, -0.25) is 4.79 Å². The van der Waals surface area contributed by atoms with Crippen LogP contribution >= 0.6 is 0 Å². The molecular formula is C17H19FN4O. The summed E-state index contributed by atoms with van der Waals surface area (Å²) in [5.41, 5.74) is 1.05. The summed E-state index contributed by atoms with van der Waals surface area (Å²) in [7, 11) is 0. The Labute approximate surface area is 133 Å². The fourth-order valence-corrected chi connectivity index (χ4v) is 3.61. The molecule has 5 nitrogen and oxygen atoms in total. The number of halogens is 1. The summed E-state index contributed by atoms with van der Waals surface area (Å²) in [5, 5.41) is 10.2. The number of amides is 1. The third-order valence-electron chi connectivity index (χ3n) is 5.07. The lowest BCUT2D eigenvalue weighted by Gasteiger charge is -2.23. The molecule has 1 saturated heterocycles. The van der Waals surface area contributed by atoms with Crippen molar-refractivity contribution in [2.24, 2.45) is 11.3 Å². The lowest BCUT2D eigenvalue weighted by Crippen LogP contribution is -2.31. The fourth-order valence-electron chi connectivity index (χ4n) is 3.61. The highest BCUT2D eigenvalue weighted by Crippen LogP contribution is 2.58. The molecule has 6 heteroatoms. The third-order valence-corrected chi connectivity index (χ3v) is 5.07. The van der Waals surface area contributed by atoms with E-state index < -0.39 is 5.82 Å². The number of carbonyl (C=O) groups excluding carboxylic acids is 1. The van der Waals surface area contributed by atoms with Crippen molar-refractivity contribution >= 4 is 11.6 Å². The lowest BCUT2D eigenvalue weighted by molar-refractivity contribution is -0.118. The van der Waals surface area contributed by atoms with E-state index >= 15 is 0 Å². The predicted octanol–water partition coefficient (Wildman–Crippen LogP) is 2.34. The number of benzene rings is 1. The Morgan fingerprint density at radius 1 is 1.39 bits per heavy atom. The van der Waals surface area contributed by atoms with Gasteiger partial charge in [-0.05, 0) is 62.0 Å². The van der Waals surface area contributed by atoms with E-state index in [1.165, 1.54) is 10.7 Å². The molecule has 2 aromatic rings. The minimum Gasteiger partial charge on any atom is -0.326 e. The van der Waals surface area contributed by atoms with Crippen LogP contribution in [0.2, 0.25) is 0 Å². The van der Waals surface area contributed by atoms with E-state index in [1.54, 1.807) is 30.6 Å².